The number of pyridine rings is 1. The van der Waals surface area contributed by atoms with Crippen LogP contribution < -0.4 is 0 Å². The molecule has 2 aromatic rings. The van der Waals surface area contributed by atoms with E-state index in [1.165, 1.54) is 0 Å². The molecule has 1 heterocycles. The Labute approximate surface area is 97.6 Å². The molecule has 2 nitrogen and oxygen atoms in total. The third kappa shape index (κ3) is 1.48. The minimum atomic E-state index is 0.413. The Morgan fingerprint density at radius 1 is 1.14 bits per heavy atom. The van der Waals surface area contributed by atoms with Crippen molar-refractivity contribution in [1.82, 2.24) is 4.98 Å². The molecule has 0 atom stereocenters. The summed E-state index contributed by atoms with van der Waals surface area (Å²) >= 11 is 6.69. The van der Waals surface area contributed by atoms with Crippen molar-refractivity contribution in [2.45, 2.75) is 0 Å². The highest BCUT2D eigenvalue weighted by atomic mass is 79.9. The lowest BCUT2D eigenvalue weighted by Crippen LogP contribution is -1.91. The van der Waals surface area contributed by atoms with Gasteiger partial charge in [-0.15, -0.1) is 0 Å². The highest BCUT2D eigenvalue weighted by Gasteiger charge is 2.08. The fourth-order valence-corrected chi connectivity index (χ4v) is 2.35. The molecule has 0 saturated carbocycles. The Bertz CT molecular complexity index is 511. The number of halogens is 2. The van der Waals surface area contributed by atoms with Crippen LogP contribution >= 0.6 is 31.9 Å². The van der Waals surface area contributed by atoms with E-state index in [0.29, 0.717) is 10.3 Å². The van der Waals surface area contributed by atoms with Gasteiger partial charge < -0.3 is 0 Å². The summed E-state index contributed by atoms with van der Waals surface area (Å²) in [6, 6.07) is 7.75. The number of nitrogens with zero attached hydrogens (tertiary/aromatic N) is 1. The second kappa shape index (κ2) is 3.79. The summed E-state index contributed by atoms with van der Waals surface area (Å²) in [5, 5.41) is 1.97. The van der Waals surface area contributed by atoms with Crippen LogP contribution in [0.1, 0.15) is 10.5 Å². The fraction of sp³-hybridized carbons (Fsp3) is 0. The molecule has 14 heavy (non-hydrogen) atoms. The van der Waals surface area contributed by atoms with Crippen LogP contribution in [-0.2, 0) is 0 Å². The van der Waals surface area contributed by atoms with Crippen LogP contribution in [0.5, 0.6) is 0 Å². The number of rotatable bonds is 1. The van der Waals surface area contributed by atoms with Crippen molar-refractivity contribution in [3.05, 3.63) is 39.0 Å². The quantitative estimate of drug-likeness (QED) is 0.595. The normalized spacial score (nSPS) is 10.4. The predicted molar refractivity (Wildman–Crippen MR) is 62.5 cm³/mol. The van der Waals surface area contributed by atoms with Crippen molar-refractivity contribution in [3.8, 4) is 0 Å². The number of hydrogen-bond acceptors (Lipinski definition) is 2. The molecular weight excluding hydrogens is 310 g/mol. The Hall–Kier alpha value is -0.740. The minimum absolute atomic E-state index is 0.413. The third-order valence-electron chi connectivity index (χ3n) is 1.94. The second-order valence-corrected chi connectivity index (χ2v) is 4.31. The minimum Gasteiger partial charge on any atom is -0.296 e. The largest absolute Gasteiger partial charge is 0.296 e. The fourth-order valence-electron chi connectivity index (χ4n) is 1.29. The summed E-state index contributed by atoms with van der Waals surface area (Å²) in [5.41, 5.74) is 0.413. The molecule has 1 aromatic carbocycles. The van der Waals surface area contributed by atoms with Crippen molar-refractivity contribution >= 4 is 48.9 Å². The number of carbonyl (C=O) groups excluding carboxylic acids is 1. The maximum Gasteiger partial charge on any atom is 0.169 e. The average Bonchev–Trinajstić information content (AvgIpc) is 2.23. The van der Waals surface area contributed by atoms with Crippen molar-refractivity contribution in [1.29, 1.82) is 0 Å². The number of fused-ring (bicyclic) bond motifs is 1. The Kier molecular flexibility index (Phi) is 2.65. The van der Waals surface area contributed by atoms with Gasteiger partial charge in [-0.3, -0.25) is 4.79 Å². The number of aldehydes is 1. The summed E-state index contributed by atoms with van der Waals surface area (Å²) in [6.07, 6.45) is 0.737. The third-order valence-corrected chi connectivity index (χ3v) is 3.38. The van der Waals surface area contributed by atoms with E-state index in [1.807, 2.05) is 24.3 Å². The van der Waals surface area contributed by atoms with Gasteiger partial charge in [0.1, 0.15) is 10.3 Å². The van der Waals surface area contributed by atoms with Gasteiger partial charge in [-0.1, -0.05) is 24.3 Å². The molecule has 70 valence electrons. The molecular formula is C10H5Br2NO. The smallest absolute Gasteiger partial charge is 0.169 e. The van der Waals surface area contributed by atoms with E-state index in [1.54, 1.807) is 0 Å². The van der Waals surface area contributed by atoms with E-state index >= 15 is 0 Å². The first-order valence-electron chi connectivity index (χ1n) is 3.93. The van der Waals surface area contributed by atoms with Gasteiger partial charge in [0.15, 0.2) is 6.29 Å². The number of hydrogen-bond donors (Lipinski definition) is 0. The van der Waals surface area contributed by atoms with Crippen molar-refractivity contribution in [3.63, 3.8) is 0 Å². The Morgan fingerprint density at radius 2 is 1.79 bits per heavy atom. The molecule has 0 fully saturated rings. The lowest BCUT2D eigenvalue weighted by atomic mass is 10.1. The molecule has 2 rings (SSSR count). The first-order valence-corrected chi connectivity index (χ1v) is 5.51. The van der Waals surface area contributed by atoms with Crippen LogP contribution in [-0.4, -0.2) is 11.3 Å². The highest BCUT2D eigenvalue weighted by molar-refractivity contribution is 9.11. The molecule has 0 aliphatic heterocycles. The van der Waals surface area contributed by atoms with Crippen LogP contribution in [0.3, 0.4) is 0 Å². The highest BCUT2D eigenvalue weighted by Crippen LogP contribution is 2.30. The number of carbonyl (C=O) groups is 1. The van der Waals surface area contributed by atoms with Crippen LogP contribution in [0.4, 0.5) is 0 Å². The van der Waals surface area contributed by atoms with Gasteiger partial charge in [-0.2, -0.15) is 0 Å². The first-order chi connectivity index (χ1) is 6.74. The molecule has 4 heteroatoms. The SMILES string of the molecule is O=Cc1nc(Br)c2ccccc2c1Br. The van der Waals surface area contributed by atoms with Crippen LogP contribution in [0, 0.1) is 0 Å². The second-order valence-electron chi connectivity index (χ2n) is 2.77. The molecule has 0 unspecified atom stereocenters. The average molecular weight is 315 g/mol. The van der Waals surface area contributed by atoms with E-state index < -0.39 is 0 Å². The van der Waals surface area contributed by atoms with E-state index in [2.05, 4.69) is 36.8 Å². The van der Waals surface area contributed by atoms with Crippen molar-refractivity contribution < 1.29 is 4.79 Å². The van der Waals surface area contributed by atoms with Gasteiger partial charge in [-0.05, 0) is 31.9 Å². The predicted octanol–water partition coefficient (Wildman–Crippen LogP) is 3.57. The van der Waals surface area contributed by atoms with Crippen LogP contribution in [0.25, 0.3) is 10.8 Å². The summed E-state index contributed by atoms with van der Waals surface area (Å²) in [5.74, 6) is 0. The molecule has 0 amide bonds. The summed E-state index contributed by atoms with van der Waals surface area (Å²) in [4.78, 5) is 14.8. The summed E-state index contributed by atoms with van der Waals surface area (Å²) in [6.45, 7) is 0. The monoisotopic (exact) mass is 313 g/mol. The van der Waals surface area contributed by atoms with E-state index in [-0.39, 0.29) is 0 Å². The zero-order valence-electron chi connectivity index (χ0n) is 7.00. The van der Waals surface area contributed by atoms with Gasteiger partial charge in [0, 0.05) is 10.8 Å². The Morgan fingerprint density at radius 3 is 2.43 bits per heavy atom. The van der Waals surface area contributed by atoms with Crippen molar-refractivity contribution in [2.75, 3.05) is 0 Å². The molecule has 0 bridgehead atoms. The van der Waals surface area contributed by atoms with Gasteiger partial charge in [0.2, 0.25) is 0 Å². The molecule has 0 aliphatic rings. The summed E-state index contributed by atoms with van der Waals surface area (Å²) < 4.78 is 1.43. The maximum atomic E-state index is 10.7. The molecule has 0 spiro atoms. The maximum absolute atomic E-state index is 10.7. The molecule has 0 aliphatic carbocycles. The van der Waals surface area contributed by atoms with E-state index in [0.717, 1.165) is 21.5 Å². The lowest BCUT2D eigenvalue weighted by molar-refractivity contribution is 0.111. The number of benzene rings is 1. The summed E-state index contributed by atoms with van der Waals surface area (Å²) in [7, 11) is 0. The van der Waals surface area contributed by atoms with Crippen molar-refractivity contribution in [2.24, 2.45) is 0 Å². The molecule has 0 radical (unpaired) electrons. The van der Waals surface area contributed by atoms with Gasteiger partial charge in [-0.25, -0.2) is 4.98 Å². The number of aromatic nitrogens is 1. The standard InChI is InChI=1S/C10H5Br2NO/c11-9-6-3-1-2-4-7(6)10(12)13-8(9)5-14/h1-5H. The molecule has 0 saturated heterocycles. The van der Waals surface area contributed by atoms with Gasteiger partial charge >= 0.3 is 0 Å². The zero-order chi connectivity index (χ0) is 10.1. The topological polar surface area (TPSA) is 30.0 Å². The lowest BCUT2D eigenvalue weighted by Gasteiger charge is -2.04. The van der Waals surface area contributed by atoms with Crippen LogP contribution in [0.2, 0.25) is 0 Å². The zero-order valence-corrected chi connectivity index (χ0v) is 10.2. The van der Waals surface area contributed by atoms with Gasteiger partial charge in [0.25, 0.3) is 0 Å². The molecule has 0 N–H and O–H groups in total. The molecule has 1 aromatic heterocycles. The van der Waals surface area contributed by atoms with E-state index in [4.69, 9.17) is 0 Å². The van der Waals surface area contributed by atoms with Gasteiger partial charge in [0.05, 0.1) is 4.47 Å². The first kappa shape index (κ1) is 9.80. The van der Waals surface area contributed by atoms with E-state index in [9.17, 15) is 4.79 Å². The Balaban J connectivity index is 2.94. The van der Waals surface area contributed by atoms with Crippen LogP contribution in [0.15, 0.2) is 33.3 Å².